The number of nitrogens with one attached hydrogen (secondary N) is 1. The van der Waals surface area contributed by atoms with Crippen molar-refractivity contribution in [1.29, 1.82) is 0 Å². The molecule has 1 rings (SSSR count). The molecule has 2 amide bonds. The van der Waals surface area contributed by atoms with E-state index in [-0.39, 0.29) is 11.8 Å². The van der Waals surface area contributed by atoms with E-state index in [0.717, 1.165) is 19.3 Å². The minimum atomic E-state index is 0.0142. The molecule has 1 fully saturated rings. The largest absolute Gasteiger partial charge is 0.385 e. The summed E-state index contributed by atoms with van der Waals surface area (Å²) in [7, 11) is 1.65. The first-order valence-corrected chi connectivity index (χ1v) is 7.18. The lowest BCUT2D eigenvalue weighted by Gasteiger charge is -2.27. The van der Waals surface area contributed by atoms with Crippen LogP contribution in [-0.2, 0) is 14.3 Å². The highest BCUT2D eigenvalue weighted by Crippen LogP contribution is 2.23. The summed E-state index contributed by atoms with van der Waals surface area (Å²) in [5, 5.41) is 2.85. The third-order valence-corrected chi connectivity index (χ3v) is 3.60. The van der Waals surface area contributed by atoms with E-state index in [2.05, 4.69) is 5.32 Å². The summed E-state index contributed by atoms with van der Waals surface area (Å²) in [5.74, 6) is 0.0967. The number of hydrogen-bond donors (Lipinski definition) is 1. The minimum absolute atomic E-state index is 0.0142. The Morgan fingerprint density at radius 3 is 2.58 bits per heavy atom. The molecule has 5 heteroatoms. The van der Waals surface area contributed by atoms with Crippen LogP contribution in [0.5, 0.6) is 0 Å². The molecule has 0 aromatic carbocycles. The maximum Gasteiger partial charge on any atom is 0.221 e. The van der Waals surface area contributed by atoms with E-state index in [9.17, 15) is 9.59 Å². The van der Waals surface area contributed by atoms with Crippen LogP contribution in [0.3, 0.4) is 0 Å². The lowest BCUT2D eigenvalue weighted by Crippen LogP contribution is -2.40. The van der Waals surface area contributed by atoms with Gasteiger partial charge < -0.3 is 15.0 Å². The monoisotopic (exact) mass is 270 g/mol. The van der Waals surface area contributed by atoms with E-state index in [4.69, 9.17) is 4.74 Å². The molecular weight excluding hydrogens is 244 g/mol. The number of hydrogen-bond acceptors (Lipinski definition) is 3. The molecule has 0 spiro atoms. The van der Waals surface area contributed by atoms with Crippen molar-refractivity contribution in [3.8, 4) is 0 Å². The summed E-state index contributed by atoms with van der Waals surface area (Å²) in [6.45, 7) is 3.42. The molecule has 0 aliphatic heterocycles. The normalized spacial score (nSPS) is 15.5. The van der Waals surface area contributed by atoms with E-state index >= 15 is 0 Å². The van der Waals surface area contributed by atoms with Gasteiger partial charge in [0.15, 0.2) is 0 Å². The fraction of sp³-hybridized carbons (Fsp3) is 0.857. The van der Waals surface area contributed by atoms with Crippen molar-refractivity contribution in [2.45, 2.75) is 51.5 Å². The number of carbonyl (C=O) groups is 2. The quantitative estimate of drug-likeness (QED) is 0.677. The number of rotatable bonds is 8. The van der Waals surface area contributed by atoms with Crippen LogP contribution >= 0.6 is 0 Å². The van der Waals surface area contributed by atoms with Gasteiger partial charge in [-0.1, -0.05) is 12.8 Å². The maximum atomic E-state index is 11.7. The van der Waals surface area contributed by atoms with Crippen LogP contribution in [-0.4, -0.2) is 49.6 Å². The zero-order chi connectivity index (χ0) is 14.1. The predicted molar refractivity (Wildman–Crippen MR) is 73.8 cm³/mol. The Hall–Kier alpha value is -1.10. The third-order valence-electron chi connectivity index (χ3n) is 3.60. The molecule has 0 bridgehead atoms. The topological polar surface area (TPSA) is 58.6 Å². The first-order valence-electron chi connectivity index (χ1n) is 7.18. The van der Waals surface area contributed by atoms with E-state index in [1.165, 1.54) is 12.8 Å². The maximum absolute atomic E-state index is 11.7. The number of methoxy groups -OCH3 is 1. The van der Waals surface area contributed by atoms with E-state index < -0.39 is 0 Å². The average Bonchev–Trinajstić information content (AvgIpc) is 2.88. The first-order chi connectivity index (χ1) is 9.15. The Morgan fingerprint density at radius 1 is 1.32 bits per heavy atom. The molecule has 0 unspecified atom stereocenters. The third kappa shape index (κ3) is 6.05. The molecule has 0 atom stereocenters. The van der Waals surface area contributed by atoms with Crippen LogP contribution in [0.2, 0.25) is 0 Å². The zero-order valence-corrected chi connectivity index (χ0v) is 12.1. The van der Waals surface area contributed by atoms with Gasteiger partial charge in [0.25, 0.3) is 0 Å². The van der Waals surface area contributed by atoms with Crippen LogP contribution in [0.4, 0.5) is 0 Å². The van der Waals surface area contributed by atoms with Crippen LogP contribution in [0, 0.1) is 0 Å². The van der Waals surface area contributed by atoms with Crippen LogP contribution in [0.15, 0.2) is 0 Å². The number of nitrogens with zero attached hydrogens (tertiary/aromatic N) is 1. The van der Waals surface area contributed by atoms with Gasteiger partial charge in [-0.25, -0.2) is 0 Å². The molecule has 0 aromatic rings. The highest BCUT2D eigenvalue weighted by atomic mass is 16.5. The second-order valence-corrected chi connectivity index (χ2v) is 5.10. The van der Waals surface area contributed by atoms with Gasteiger partial charge >= 0.3 is 0 Å². The highest BCUT2D eigenvalue weighted by molar-refractivity contribution is 5.78. The Balaban J connectivity index is 2.23. The Bertz CT molecular complexity index is 288. The van der Waals surface area contributed by atoms with E-state index in [1.54, 1.807) is 14.0 Å². The molecule has 110 valence electrons. The van der Waals surface area contributed by atoms with Crippen LogP contribution in [0.25, 0.3) is 0 Å². The number of carbonyl (C=O) groups excluding carboxylic acids is 2. The number of amides is 2. The summed E-state index contributed by atoms with van der Waals surface area (Å²) in [6, 6.07) is 0.346. The van der Waals surface area contributed by atoms with Crippen molar-refractivity contribution in [3.05, 3.63) is 0 Å². The van der Waals surface area contributed by atoms with Gasteiger partial charge in [-0.05, 0) is 19.3 Å². The van der Waals surface area contributed by atoms with Crippen molar-refractivity contribution >= 4 is 11.8 Å². The molecule has 0 heterocycles. The van der Waals surface area contributed by atoms with Crippen molar-refractivity contribution in [3.63, 3.8) is 0 Å². The molecular formula is C14H26N2O3. The van der Waals surface area contributed by atoms with E-state index in [1.807, 2.05) is 4.90 Å². The van der Waals surface area contributed by atoms with Gasteiger partial charge in [0, 0.05) is 46.2 Å². The fourth-order valence-corrected chi connectivity index (χ4v) is 2.57. The molecule has 5 nitrogen and oxygen atoms in total. The SMILES string of the molecule is COCCCNC(=O)CCN(C(C)=O)C1CCCC1. The molecule has 19 heavy (non-hydrogen) atoms. The second kappa shape index (κ2) is 8.91. The smallest absolute Gasteiger partial charge is 0.221 e. The predicted octanol–water partition coefficient (Wildman–Crippen LogP) is 1.32. The molecule has 0 saturated heterocycles. The summed E-state index contributed by atoms with van der Waals surface area (Å²) in [4.78, 5) is 25.1. The summed E-state index contributed by atoms with van der Waals surface area (Å²) >= 11 is 0. The van der Waals surface area contributed by atoms with Gasteiger partial charge in [-0.3, -0.25) is 9.59 Å². The van der Waals surface area contributed by atoms with Gasteiger partial charge in [-0.2, -0.15) is 0 Å². The summed E-state index contributed by atoms with van der Waals surface area (Å²) in [5.41, 5.74) is 0. The summed E-state index contributed by atoms with van der Waals surface area (Å²) in [6.07, 6.45) is 5.75. The average molecular weight is 270 g/mol. The fourth-order valence-electron chi connectivity index (χ4n) is 2.57. The zero-order valence-electron chi connectivity index (χ0n) is 12.1. The molecule has 1 saturated carbocycles. The minimum Gasteiger partial charge on any atom is -0.385 e. The lowest BCUT2D eigenvalue weighted by atomic mass is 10.2. The molecule has 0 radical (unpaired) electrons. The lowest BCUT2D eigenvalue weighted by molar-refractivity contribution is -0.131. The van der Waals surface area contributed by atoms with Crippen molar-refractivity contribution in [2.24, 2.45) is 0 Å². The van der Waals surface area contributed by atoms with Gasteiger partial charge in [-0.15, -0.1) is 0 Å². The first kappa shape index (κ1) is 16.0. The standard InChI is InChI=1S/C14H26N2O3/c1-12(17)16(13-6-3-4-7-13)10-8-14(18)15-9-5-11-19-2/h13H,3-11H2,1-2H3,(H,15,18). The van der Waals surface area contributed by atoms with Crippen molar-refractivity contribution in [2.75, 3.05) is 26.8 Å². The van der Waals surface area contributed by atoms with Crippen LogP contribution in [0.1, 0.15) is 45.4 Å². The Kier molecular flexibility index (Phi) is 7.48. The number of ether oxygens (including phenoxy) is 1. The van der Waals surface area contributed by atoms with Gasteiger partial charge in [0.1, 0.15) is 0 Å². The van der Waals surface area contributed by atoms with Crippen molar-refractivity contribution in [1.82, 2.24) is 10.2 Å². The van der Waals surface area contributed by atoms with Crippen LogP contribution < -0.4 is 5.32 Å². The molecule has 1 aliphatic rings. The highest BCUT2D eigenvalue weighted by Gasteiger charge is 2.24. The van der Waals surface area contributed by atoms with Gasteiger partial charge in [0.2, 0.25) is 11.8 Å². The molecule has 1 aliphatic carbocycles. The Labute approximate surface area is 115 Å². The second-order valence-electron chi connectivity index (χ2n) is 5.10. The molecule has 1 N–H and O–H groups in total. The molecule has 0 aromatic heterocycles. The Morgan fingerprint density at radius 2 is 2.00 bits per heavy atom. The summed E-state index contributed by atoms with van der Waals surface area (Å²) < 4.78 is 4.92. The van der Waals surface area contributed by atoms with Gasteiger partial charge in [0.05, 0.1) is 0 Å². The van der Waals surface area contributed by atoms with E-state index in [0.29, 0.717) is 32.2 Å². The van der Waals surface area contributed by atoms with Crippen molar-refractivity contribution < 1.29 is 14.3 Å².